The number of carbonyl (C=O) groups excluding carboxylic acids is 1. The van der Waals surface area contributed by atoms with Crippen LogP contribution in [0.5, 0.6) is 0 Å². The number of H-pyrrole nitrogens is 1. The number of nitrogens with one attached hydrogen (secondary N) is 1. The third kappa shape index (κ3) is 2.81. The van der Waals surface area contributed by atoms with E-state index in [1.54, 1.807) is 0 Å². The summed E-state index contributed by atoms with van der Waals surface area (Å²) in [6.07, 6.45) is 4.38. The molecular weight excluding hydrogens is 262 g/mol. The van der Waals surface area contributed by atoms with Crippen LogP contribution in [0.3, 0.4) is 0 Å². The van der Waals surface area contributed by atoms with Gasteiger partial charge in [0.2, 0.25) is 5.91 Å². The van der Waals surface area contributed by atoms with Crippen LogP contribution in [0.1, 0.15) is 25.3 Å². The van der Waals surface area contributed by atoms with Crippen LogP contribution in [0.25, 0.3) is 10.9 Å². The van der Waals surface area contributed by atoms with Crippen LogP contribution < -0.4 is 5.73 Å². The Labute approximate surface area is 125 Å². The molecule has 0 aliphatic carbocycles. The number of nitrogens with two attached hydrogens (primary N) is 1. The Kier molecular flexibility index (Phi) is 3.97. The molecule has 0 radical (unpaired) electrons. The minimum Gasteiger partial charge on any atom is -0.361 e. The van der Waals surface area contributed by atoms with Gasteiger partial charge >= 0.3 is 0 Å². The fourth-order valence-electron chi connectivity index (χ4n) is 3.26. The lowest BCUT2D eigenvalue weighted by Crippen LogP contribution is -2.49. The van der Waals surface area contributed by atoms with E-state index in [-0.39, 0.29) is 11.9 Å². The van der Waals surface area contributed by atoms with Gasteiger partial charge in [-0.1, -0.05) is 31.5 Å². The number of para-hydroxylation sites is 1. The summed E-state index contributed by atoms with van der Waals surface area (Å²) in [6.45, 7) is 3.75. The molecule has 3 rings (SSSR count). The fourth-order valence-corrected chi connectivity index (χ4v) is 3.26. The highest BCUT2D eigenvalue weighted by Crippen LogP contribution is 2.22. The Morgan fingerprint density at radius 1 is 1.43 bits per heavy atom. The van der Waals surface area contributed by atoms with Gasteiger partial charge in [-0.25, -0.2) is 0 Å². The molecule has 1 aromatic heterocycles. The predicted molar refractivity (Wildman–Crippen MR) is 85.0 cm³/mol. The summed E-state index contributed by atoms with van der Waals surface area (Å²) in [5, 5.41) is 1.15. The van der Waals surface area contributed by atoms with E-state index < -0.39 is 0 Å². The lowest BCUT2D eigenvalue weighted by atomic mass is 9.90. The molecule has 3 N–H and O–H groups in total. The predicted octanol–water partition coefficient (Wildman–Crippen LogP) is 2.30. The van der Waals surface area contributed by atoms with Crippen molar-refractivity contribution < 1.29 is 4.79 Å². The maximum atomic E-state index is 12.5. The standard InChI is InChI=1S/C17H23N3O/c1-2-12-11-20(8-7-15(12)18)17(21)9-13-10-19-16-6-4-3-5-14(13)16/h3-6,10,12,15,19H,2,7-9,11,18H2,1H3. The monoisotopic (exact) mass is 285 g/mol. The molecule has 1 aromatic carbocycles. The van der Waals surface area contributed by atoms with Gasteiger partial charge in [-0.05, 0) is 24.0 Å². The number of amides is 1. The van der Waals surface area contributed by atoms with Crippen molar-refractivity contribution in [1.29, 1.82) is 0 Å². The molecule has 1 aliphatic rings. The number of fused-ring (bicyclic) bond motifs is 1. The molecule has 112 valence electrons. The number of aromatic amines is 1. The number of rotatable bonds is 3. The first-order valence-corrected chi connectivity index (χ1v) is 7.77. The number of hydrogen-bond acceptors (Lipinski definition) is 2. The van der Waals surface area contributed by atoms with Crippen LogP contribution in [0.15, 0.2) is 30.5 Å². The number of piperidine rings is 1. The Morgan fingerprint density at radius 3 is 3.05 bits per heavy atom. The highest BCUT2D eigenvalue weighted by atomic mass is 16.2. The number of aromatic nitrogens is 1. The van der Waals surface area contributed by atoms with Gasteiger partial charge in [0.25, 0.3) is 0 Å². The second-order valence-corrected chi connectivity index (χ2v) is 6.00. The Balaban J connectivity index is 1.71. The smallest absolute Gasteiger partial charge is 0.227 e. The molecule has 0 bridgehead atoms. The van der Waals surface area contributed by atoms with E-state index in [0.29, 0.717) is 12.3 Å². The third-order valence-electron chi connectivity index (χ3n) is 4.69. The van der Waals surface area contributed by atoms with Gasteiger partial charge in [-0.2, -0.15) is 0 Å². The first kappa shape index (κ1) is 14.1. The number of benzene rings is 1. The summed E-state index contributed by atoms with van der Waals surface area (Å²) in [5.74, 6) is 0.649. The van der Waals surface area contributed by atoms with E-state index in [0.717, 1.165) is 42.4 Å². The van der Waals surface area contributed by atoms with Crippen molar-refractivity contribution >= 4 is 16.8 Å². The quantitative estimate of drug-likeness (QED) is 0.909. The number of nitrogens with zero attached hydrogens (tertiary/aromatic N) is 1. The fraction of sp³-hybridized carbons (Fsp3) is 0.471. The molecule has 2 atom stereocenters. The lowest BCUT2D eigenvalue weighted by Gasteiger charge is -2.36. The zero-order valence-corrected chi connectivity index (χ0v) is 12.5. The molecular formula is C17H23N3O. The first-order chi connectivity index (χ1) is 10.2. The van der Waals surface area contributed by atoms with Crippen molar-refractivity contribution in [1.82, 2.24) is 9.88 Å². The maximum absolute atomic E-state index is 12.5. The summed E-state index contributed by atoms with van der Waals surface area (Å²) in [5.41, 5.74) is 8.29. The molecule has 1 fully saturated rings. The lowest BCUT2D eigenvalue weighted by molar-refractivity contribution is -0.132. The number of carbonyl (C=O) groups is 1. The molecule has 2 heterocycles. The van der Waals surface area contributed by atoms with E-state index in [9.17, 15) is 4.79 Å². The number of likely N-dealkylation sites (tertiary alicyclic amines) is 1. The van der Waals surface area contributed by atoms with Gasteiger partial charge in [-0.3, -0.25) is 4.79 Å². The van der Waals surface area contributed by atoms with Gasteiger partial charge in [0.05, 0.1) is 6.42 Å². The first-order valence-electron chi connectivity index (χ1n) is 7.77. The SMILES string of the molecule is CCC1CN(C(=O)Cc2c[nH]c3ccccc23)CCC1N. The van der Waals surface area contributed by atoms with Gasteiger partial charge in [0.1, 0.15) is 0 Å². The summed E-state index contributed by atoms with van der Waals surface area (Å²) in [6, 6.07) is 8.36. The van der Waals surface area contributed by atoms with Crippen LogP contribution >= 0.6 is 0 Å². The second kappa shape index (κ2) is 5.90. The van der Waals surface area contributed by atoms with E-state index in [2.05, 4.69) is 18.0 Å². The Morgan fingerprint density at radius 2 is 2.24 bits per heavy atom. The highest BCUT2D eigenvalue weighted by Gasteiger charge is 2.28. The van der Waals surface area contributed by atoms with Crippen molar-refractivity contribution in [3.8, 4) is 0 Å². The topological polar surface area (TPSA) is 62.1 Å². The molecule has 2 unspecified atom stereocenters. The molecule has 21 heavy (non-hydrogen) atoms. The zero-order valence-electron chi connectivity index (χ0n) is 12.5. The van der Waals surface area contributed by atoms with Crippen LogP contribution in [0, 0.1) is 5.92 Å². The molecule has 0 saturated carbocycles. The van der Waals surface area contributed by atoms with Crippen molar-refractivity contribution in [2.24, 2.45) is 11.7 Å². The Hall–Kier alpha value is -1.81. The summed E-state index contributed by atoms with van der Waals surface area (Å²) in [4.78, 5) is 17.8. The van der Waals surface area contributed by atoms with Gasteiger partial charge < -0.3 is 15.6 Å². The maximum Gasteiger partial charge on any atom is 0.227 e. The highest BCUT2D eigenvalue weighted by molar-refractivity contribution is 5.88. The van der Waals surface area contributed by atoms with Gasteiger partial charge in [-0.15, -0.1) is 0 Å². The van der Waals surface area contributed by atoms with E-state index in [1.807, 2.05) is 29.3 Å². The molecule has 4 nitrogen and oxygen atoms in total. The van der Waals surface area contributed by atoms with Crippen LogP contribution in [0.4, 0.5) is 0 Å². The summed E-state index contributed by atoms with van der Waals surface area (Å²) >= 11 is 0. The van der Waals surface area contributed by atoms with Crippen molar-refractivity contribution in [3.05, 3.63) is 36.0 Å². The molecule has 1 aliphatic heterocycles. The normalized spacial score (nSPS) is 22.7. The van der Waals surface area contributed by atoms with Crippen LogP contribution in [-0.4, -0.2) is 34.9 Å². The summed E-state index contributed by atoms with van der Waals surface area (Å²) < 4.78 is 0. The molecule has 4 heteroatoms. The molecule has 2 aromatic rings. The van der Waals surface area contributed by atoms with Crippen LogP contribution in [-0.2, 0) is 11.2 Å². The van der Waals surface area contributed by atoms with E-state index >= 15 is 0 Å². The minimum atomic E-state index is 0.213. The molecule has 1 saturated heterocycles. The molecule has 0 spiro atoms. The second-order valence-electron chi connectivity index (χ2n) is 6.00. The van der Waals surface area contributed by atoms with Crippen LogP contribution in [0.2, 0.25) is 0 Å². The molecule has 1 amide bonds. The largest absolute Gasteiger partial charge is 0.361 e. The average molecular weight is 285 g/mol. The minimum absolute atomic E-state index is 0.213. The van der Waals surface area contributed by atoms with Gasteiger partial charge in [0, 0.05) is 36.2 Å². The van der Waals surface area contributed by atoms with E-state index in [4.69, 9.17) is 5.73 Å². The average Bonchev–Trinajstić information content (AvgIpc) is 2.91. The third-order valence-corrected chi connectivity index (χ3v) is 4.69. The van der Waals surface area contributed by atoms with Crippen molar-refractivity contribution in [2.75, 3.05) is 13.1 Å². The zero-order chi connectivity index (χ0) is 14.8. The van der Waals surface area contributed by atoms with E-state index in [1.165, 1.54) is 0 Å². The summed E-state index contributed by atoms with van der Waals surface area (Å²) in [7, 11) is 0. The van der Waals surface area contributed by atoms with Crippen molar-refractivity contribution in [2.45, 2.75) is 32.2 Å². The number of hydrogen-bond donors (Lipinski definition) is 2. The van der Waals surface area contributed by atoms with Crippen molar-refractivity contribution in [3.63, 3.8) is 0 Å². The van der Waals surface area contributed by atoms with Gasteiger partial charge in [0.15, 0.2) is 0 Å². The Bertz CT molecular complexity index is 634.